The number of aryl methyl sites for hydroxylation is 1. The number of hydrogen-bond donors (Lipinski definition) is 1. The molecule has 0 spiro atoms. The molecule has 0 fully saturated rings. The van der Waals surface area contributed by atoms with Crippen molar-refractivity contribution in [1.82, 2.24) is 5.32 Å². The Morgan fingerprint density at radius 2 is 1.71 bits per heavy atom. The number of esters is 1. The Kier molecular flexibility index (Phi) is 6.83. The number of amides is 1. The lowest BCUT2D eigenvalue weighted by Crippen LogP contribution is -2.34. The fourth-order valence-electron chi connectivity index (χ4n) is 2.09. The first-order valence-corrected chi connectivity index (χ1v) is 7.86. The number of para-hydroxylation sites is 1. The van der Waals surface area contributed by atoms with Crippen LogP contribution >= 0.6 is 0 Å². The molecular weight excluding hydrogens is 306 g/mol. The summed E-state index contributed by atoms with van der Waals surface area (Å²) in [6.07, 6.45) is 0.823. The Bertz CT molecular complexity index is 670. The highest BCUT2D eigenvalue weighted by atomic mass is 16.5. The van der Waals surface area contributed by atoms with Gasteiger partial charge in [-0.05, 0) is 23.6 Å². The molecule has 24 heavy (non-hydrogen) atoms. The summed E-state index contributed by atoms with van der Waals surface area (Å²) in [5.41, 5.74) is 1.93. The number of nitrogens with one attached hydrogen (secondary N) is 1. The van der Waals surface area contributed by atoms with E-state index in [0.717, 1.165) is 17.5 Å². The van der Waals surface area contributed by atoms with Crippen molar-refractivity contribution < 1.29 is 19.1 Å². The fourth-order valence-corrected chi connectivity index (χ4v) is 2.09. The lowest BCUT2D eigenvalue weighted by Gasteiger charge is -2.10. The summed E-state index contributed by atoms with van der Waals surface area (Å²) in [6.45, 7) is 1.90. The van der Waals surface area contributed by atoms with Crippen LogP contribution in [0, 0.1) is 0 Å². The van der Waals surface area contributed by atoms with Crippen LogP contribution in [-0.4, -0.2) is 25.0 Å². The van der Waals surface area contributed by atoms with Crippen molar-refractivity contribution in [2.75, 3.05) is 13.2 Å². The minimum absolute atomic E-state index is 0.136. The third kappa shape index (κ3) is 5.76. The highest BCUT2D eigenvalue weighted by Crippen LogP contribution is 2.17. The van der Waals surface area contributed by atoms with E-state index in [1.807, 2.05) is 61.5 Å². The van der Waals surface area contributed by atoms with Gasteiger partial charge in [-0.3, -0.25) is 9.59 Å². The van der Waals surface area contributed by atoms with Crippen LogP contribution in [0.4, 0.5) is 0 Å². The van der Waals surface area contributed by atoms with Gasteiger partial charge in [0.25, 0.3) is 5.91 Å². The van der Waals surface area contributed by atoms with E-state index in [1.165, 1.54) is 0 Å². The molecule has 5 heteroatoms. The zero-order chi connectivity index (χ0) is 17.2. The maximum Gasteiger partial charge on any atom is 0.325 e. The van der Waals surface area contributed by atoms with Crippen LogP contribution in [0.1, 0.15) is 18.1 Å². The van der Waals surface area contributed by atoms with Crippen LogP contribution in [0.15, 0.2) is 54.6 Å². The second kappa shape index (κ2) is 9.35. The number of ether oxygens (including phenoxy) is 2. The van der Waals surface area contributed by atoms with Crippen molar-refractivity contribution in [1.29, 1.82) is 0 Å². The van der Waals surface area contributed by atoms with E-state index >= 15 is 0 Å². The van der Waals surface area contributed by atoms with Crippen molar-refractivity contribution in [3.8, 4) is 5.75 Å². The molecule has 0 aliphatic heterocycles. The summed E-state index contributed by atoms with van der Waals surface area (Å²) in [4.78, 5) is 23.4. The van der Waals surface area contributed by atoms with Crippen LogP contribution in [0.25, 0.3) is 0 Å². The van der Waals surface area contributed by atoms with E-state index in [9.17, 15) is 9.59 Å². The van der Waals surface area contributed by atoms with Gasteiger partial charge in [0, 0.05) is 0 Å². The van der Waals surface area contributed by atoms with E-state index in [-0.39, 0.29) is 25.7 Å². The highest BCUT2D eigenvalue weighted by Gasteiger charge is 2.09. The molecule has 0 atom stereocenters. The maximum absolute atomic E-state index is 11.8. The van der Waals surface area contributed by atoms with E-state index < -0.39 is 5.97 Å². The third-order valence-corrected chi connectivity index (χ3v) is 3.38. The van der Waals surface area contributed by atoms with Crippen molar-refractivity contribution in [2.24, 2.45) is 0 Å². The summed E-state index contributed by atoms with van der Waals surface area (Å²) in [5, 5.41) is 2.49. The van der Waals surface area contributed by atoms with Gasteiger partial charge in [-0.2, -0.15) is 0 Å². The summed E-state index contributed by atoms with van der Waals surface area (Å²) in [7, 11) is 0. The minimum atomic E-state index is -0.485. The first kappa shape index (κ1) is 17.5. The van der Waals surface area contributed by atoms with Crippen molar-refractivity contribution >= 4 is 11.9 Å². The molecule has 2 rings (SSSR count). The van der Waals surface area contributed by atoms with E-state index in [0.29, 0.717) is 5.75 Å². The van der Waals surface area contributed by atoms with Gasteiger partial charge < -0.3 is 14.8 Å². The molecule has 126 valence electrons. The molecule has 0 unspecified atom stereocenters. The number of benzene rings is 2. The second-order valence-corrected chi connectivity index (χ2v) is 5.17. The average molecular weight is 327 g/mol. The molecule has 2 aromatic rings. The van der Waals surface area contributed by atoms with Gasteiger partial charge in [0.15, 0.2) is 6.61 Å². The molecule has 0 saturated heterocycles. The number of carbonyl (C=O) groups is 2. The molecule has 1 N–H and O–H groups in total. The lowest BCUT2D eigenvalue weighted by molar-refractivity contribution is -0.145. The zero-order valence-electron chi connectivity index (χ0n) is 13.7. The molecule has 0 aromatic heterocycles. The Labute approximate surface area is 141 Å². The minimum Gasteiger partial charge on any atom is -0.483 e. The standard InChI is InChI=1S/C19H21NO4/c1-2-16-10-6-7-11-17(16)23-14-18(21)20-12-19(22)24-13-15-8-4-3-5-9-15/h3-11H,2,12-14H2,1H3,(H,20,21). The second-order valence-electron chi connectivity index (χ2n) is 5.17. The SMILES string of the molecule is CCc1ccccc1OCC(=O)NCC(=O)OCc1ccccc1. The molecule has 0 radical (unpaired) electrons. The van der Waals surface area contributed by atoms with Gasteiger partial charge in [0.05, 0.1) is 0 Å². The molecule has 2 aromatic carbocycles. The first-order valence-electron chi connectivity index (χ1n) is 7.86. The average Bonchev–Trinajstić information content (AvgIpc) is 2.64. The fraction of sp³-hybridized carbons (Fsp3) is 0.263. The van der Waals surface area contributed by atoms with Crippen molar-refractivity contribution in [3.63, 3.8) is 0 Å². The monoisotopic (exact) mass is 327 g/mol. The van der Waals surface area contributed by atoms with Crippen LogP contribution < -0.4 is 10.1 Å². The summed E-state index contributed by atoms with van der Waals surface area (Å²) >= 11 is 0. The Hall–Kier alpha value is -2.82. The topological polar surface area (TPSA) is 64.6 Å². The molecule has 5 nitrogen and oxygen atoms in total. The lowest BCUT2D eigenvalue weighted by atomic mass is 10.1. The van der Waals surface area contributed by atoms with Gasteiger partial charge in [0.2, 0.25) is 0 Å². The summed E-state index contributed by atoms with van der Waals surface area (Å²) in [6, 6.07) is 16.9. The van der Waals surface area contributed by atoms with Crippen molar-refractivity contribution in [2.45, 2.75) is 20.0 Å². The van der Waals surface area contributed by atoms with Gasteiger partial charge in [0.1, 0.15) is 18.9 Å². The smallest absolute Gasteiger partial charge is 0.325 e. The van der Waals surface area contributed by atoms with Gasteiger partial charge >= 0.3 is 5.97 Å². The predicted molar refractivity (Wildman–Crippen MR) is 90.6 cm³/mol. The van der Waals surface area contributed by atoms with E-state index in [1.54, 1.807) is 0 Å². The molecule has 0 bridgehead atoms. The molecule has 0 aliphatic rings. The van der Waals surface area contributed by atoms with Gasteiger partial charge in [-0.1, -0.05) is 55.5 Å². The number of rotatable bonds is 8. The van der Waals surface area contributed by atoms with Crippen LogP contribution in [0.5, 0.6) is 5.75 Å². The molecule has 1 amide bonds. The summed E-state index contributed by atoms with van der Waals surface area (Å²) < 4.78 is 10.6. The summed E-state index contributed by atoms with van der Waals surface area (Å²) in [5.74, 6) is -0.166. The molecule has 0 aliphatic carbocycles. The van der Waals surface area contributed by atoms with Crippen molar-refractivity contribution in [3.05, 3.63) is 65.7 Å². The third-order valence-electron chi connectivity index (χ3n) is 3.38. The molecule has 0 saturated carbocycles. The number of hydrogen-bond acceptors (Lipinski definition) is 4. The Morgan fingerprint density at radius 1 is 1.00 bits per heavy atom. The van der Waals surface area contributed by atoms with Crippen LogP contribution in [-0.2, 0) is 27.4 Å². The number of carbonyl (C=O) groups excluding carboxylic acids is 2. The zero-order valence-corrected chi connectivity index (χ0v) is 13.7. The molecule has 0 heterocycles. The first-order chi connectivity index (χ1) is 11.7. The normalized spacial score (nSPS) is 10.0. The van der Waals surface area contributed by atoms with Crippen LogP contribution in [0.2, 0.25) is 0 Å². The Balaban J connectivity index is 1.68. The van der Waals surface area contributed by atoms with Gasteiger partial charge in [-0.15, -0.1) is 0 Å². The highest BCUT2D eigenvalue weighted by molar-refractivity contribution is 5.82. The van der Waals surface area contributed by atoms with E-state index in [4.69, 9.17) is 9.47 Å². The van der Waals surface area contributed by atoms with Crippen LogP contribution in [0.3, 0.4) is 0 Å². The molecular formula is C19H21NO4. The Morgan fingerprint density at radius 3 is 2.46 bits per heavy atom. The largest absolute Gasteiger partial charge is 0.483 e. The predicted octanol–water partition coefficient (Wildman–Crippen LogP) is 2.49. The quantitative estimate of drug-likeness (QED) is 0.757. The van der Waals surface area contributed by atoms with Gasteiger partial charge in [-0.25, -0.2) is 0 Å². The maximum atomic E-state index is 11.8. The van der Waals surface area contributed by atoms with E-state index in [2.05, 4.69) is 5.32 Å².